The van der Waals surface area contributed by atoms with Crippen LogP contribution in [0, 0.1) is 4.91 Å². The van der Waals surface area contributed by atoms with Gasteiger partial charge in [-0.25, -0.2) is 0 Å². The molecule has 0 atom stereocenters. The Balaban J connectivity index is 2.20. The van der Waals surface area contributed by atoms with Crippen molar-refractivity contribution in [3.8, 4) is 11.5 Å². The van der Waals surface area contributed by atoms with Crippen LogP contribution in [0.5, 0.6) is 11.5 Å². The first-order chi connectivity index (χ1) is 11.5. The first-order valence-corrected chi connectivity index (χ1v) is 7.57. The fourth-order valence-corrected chi connectivity index (χ4v) is 2.95. The molecule has 3 rings (SSSR count). The third-order valence-corrected chi connectivity index (χ3v) is 4.44. The molecule has 3 aromatic carbocycles. The number of hydrogen-bond acceptors (Lipinski definition) is 4. The second kappa shape index (κ2) is 6.16. The average molecular weight is 319 g/mol. The smallest absolute Gasteiger partial charge is 0.115 e. The highest BCUT2D eigenvalue weighted by atomic mass is 16.3. The molecule has 0 unspecified atom stereocenters. The molecule has 4 heteroatoms. The lowest BCUT2D eigenvalue weighted by Crippen LogP contribution is -2.25. The summed E-state index contributed by atoms with van der Waals surface area (Å²) in [7, 11) is 0. The number of nitrogens with zero attached hydrogens (tertiary/aromatic N) is 1. The van der Waals surface area contributed by atoms with Gasteiger partial charge in [-0.05, 0) is 65.2 Å². The van der Waals surface area contributed by atoms with Crippen LogP contribution in [0.1, 0.15) is 23.6 Å². The van der Waals surface area contributed by atoms with Crippen molar-refractivity contribution in [2.75, 3.05) is 0 Å². The predicted octanol–water partition coefficient (Wildman–Crippen LogP) is 4.85. The zero-order valence-corrected chi connectivity index (χ0v) is 13.2. The Morgan fingerprint density at radius 1 is 0.667 bits per heavy atom. The van der Waals surface area contributed by atoms with E-state index in [0.29, 0.717) is 5.69 Å². The van der Waals surface area contributed by atoms with Crippen molar-refractivity contribution < 1.29 is 10.2 Å². The molecule has 4 nitrogen and oxygen atoms in total. The highest BCUT2D eigenvalue weighted by Crippen LogP contribution is 2.40. The van der Waals surface area contributed by atoms with Crippen LogP contribution in [0.2, 0.25) is 0 Å². The summed E-state index contributed by atoms with van der Waals surface area (Å²) in [5.41, 5.74) is 2.81. The first kappa shape index (κ1) is 15.7. The van der Waals surface area contributed by atoms with Crippen LogP contribution in [0.3, 0.4) is 0 Å². The zero-order chi connectivity index (χ0) is 17.2. The van der Waals surface area contributed by atoms with Crippen molar-refractivity contribution >= 4 is 5.69 Å². The maximum absolute atomic E-state index is 10.7. The van der Waals surface area contributed by atoms with Gasteiger partial charge in [0.05, 0.1) is 0 Å². The van der Waals surface area contributed by atoms with E-state index in [9.17, 15) is 15.1 Å². The van der Waals surface area contributed by atoms with Crippen molar-refractivity contribution in [3.05, 3.63) is 94.4 Å². The van der Waals surface area contributed by atoms with Gasteiger partial charge in [-0.1, -0.05) is 36.4 Å². The second-order valence-electron chi connectivity index (χ2n) is 5.86. The number of hydrogen-bond donors (Lipinski definition) is 2. The highest BCUT2D eigenvalue weighted by Gasteiger charge is 2.31. The molecule has 120 valence electrons. The fraction of sp³-hybridized carbons (Fsp3) is 0.100. The molecule has 0 saturated heterocycles. The molecule has 24 heavy (non-hydrogen) atoms. The minimum Gasteiger partial charge on any atom is -0.508 e. The lowest BCUT2D eigenvalue weighted by Gasteiger charge is -2.32. The van der Waals surface area contributed by atoms with Crippen LogP contribution in [-0.2, 0) is 5.41 Å². The predicted molar refractivity (Wildman–Crippen MR) is 93.7 cm³/mol. The van der Waals surface area contributed by atoms with E-state index in [0.717, 1.165) is 16.7 Å². The van der Waals surface area contributed by atoms with Crippen LogP contribution in [0.4, 0.5) is 5.69 Å². The Kier molecular flexibility index (Phi) is 4.04. The molecule has 0 aliphatic heterocycles. The van der Waals surface area contributed by atoms with Gasteiger partial charge >= 0.3 is 0 Å². The topological polar surface area (TPSA) is 69.9 Å². The summed E-state index contributed by atoms with van der Waals surface area (Å²) in [6.07, 6.45) is 0. The summed E-state index contributed by atoms with van der Waals surface area (Å²) in [6.45, 7) is 2.06. The summed E-state index contributed by atoms with van der Waals surface area (Å²) in [5.74, 6) is 0.402. The summed E-state index contributed by atoms with van der Waals surface area (Å²) < 4.78 is 0. The maximum Gasteiger partial charge on any atom is 0.115 e. The molecule has 0 saturated carbocycles. The van der Waals surface area contributed by atoms with Crippen molar-refractivity contribution in [1.29, 1.82) is 0 Å². The lowest BCUT2D eigenvalue weighted by atomic mass is 9.71. The van der Waals surface area contributed by atoms with Gasteiger partial charge in [0.25, 0.3) is 0 Å². The van der Waals surface area contributed by atoms with E-state index in [1.165, 1.54) is 0 Å². The van der Waals surface area contributed by atoms with Crippen LogP contribution in [0.15, 0.2) is 78.0 Å². The summed E-state index contributed by atoms with van der Waals surface area (Å²) in [6, 6.07) is 21.2. The third kappa shape index (κ3) is 2.74. The van der Waals surface area contributed by atoms with Crippen molar-refractivity contribution in [3.63, 3.8) is 0 Å². The van der Waals surface area contributed by atoms with Crippen LogP contribution in [-0.4, -0.2) is 10.2 Å². The molecule has 0 bridgehead atoms. The molecule has 0 aliphatic carbocycles. The Bertz CT molecular complexity index is 792. The summed E-state index contributed by atoms with van der Waals surface area (Å²) in [4.78, 5) is 10.7. The van der Waals surface area contributed by atoms with E-state index in [1.807, 2.05) is 36.4 Å². The van der Waals surface area contributed by atoms with Crippen molar-refractivity contribution in [2.45, 2.75) is 12.3 Å². The largest absolute Gasteiger partial charge is 0.508 e. The Labute approximate surface area is 140 Å². The van der Waals surface area contributed by atoms with E-state index < -0.39 is 5.41 Å². The molecule has 0 aromatic heterocycles. The van der Waals surface area contributed by atoms with Crippen molar-refractivity contribution in [1.82, 2.24) is 0 Å². The lowest BCUT2D eigenvalue weighted by molar-refractivity contribution is 0.474. The number of benzene rings is 3. The molecule has 0 amide bonds. The first-order valence-electron chi connectivity index (χ1n) is 7.57. The number of rotatable bonds is 4. The van der Waals surface area contributed by atoms with Crippen LogP contribution < -0.4 is 0 Å². The normalized spacial score (nSPS) is 11.2. The van der Waals surface area contributed by atoms with Gasteiger partial charge in [-0.15, -0.1) is 4.91 Å². The minimum atomic E-state index is -0.511. The standard InChI is InChI=1S/C20H17NO3/c1-20(15-4-10-18(22)11-5-15,16-6-12-19(23)13-7-16)14-2-8-17(21-24)9-3-14/h2-13,22-23H,1H3. The van der Waals surface area contributed by atoms with Crippen LogP contribution in [0.25, 0.3) is 0 Å². The van der Waals surface area contributed by atoms with Crippen LogP contribution >= 0.6 is 0 Å². The molecule has 0 aliphatic rings. The van der Waals surface area contributed by atoms with E-state index >= 15 is 0 Å². The zero-order valence-electron chi connectivity index (χ0n) is 13.2. The highest BCUT2D eigenvalue weighted by molar-refractivity contribution is 5.53. The molecule has 2 N–H and O–H groups in total. The van der Waals surface area contributed by atoms with Gasteiger partial charge in [0.15, 0.2) is 0 Å². The molecule has 3 aromatic rings. The van der Waals surface area contributed by atoms with E-state index in [2.05, 4.69) is 12.1 Å². The molecular weight excluding hydrogens is 302 g/mol. The van der Waals surface area contributed by atoms with Gasteiger partial charge in [-0.2, -0.15) is 0 Å². The van der Waals surface area contributed by atoms with Gasteiger partial charge in [0.2, 0.25) is 0 Å². The van der Waals surface area contributed by atoms with E-state index in [1.54, 1.807) is 36.4 Å². The van der Waals surface area contributed by atoms with E-state index in [4.69, 9.17) is 0 Å². The molecule has 0 heterocycles. The number of aromatic hydroxyl groups is 2. The van der Waals surface area contributed by atoms with Crippen molar-refractivity contribution in [2.24, 2.45) is 5.18 Å². The van der Waals surface area contributed by atoms with Gasteiger partial charge in [0, 0.05) is 5.41 Å². The number of phenols is 2. The summed E-state index contributed by atoms with van der Waals surface area (Å²) >= 11 is 0. The fourth-order valence-electron chi connectivity index (χ4n) is 2.95. The third-order valence-electron chi connectivity index (χ3n) is 4.44. The molecule has 0 spiro atoms. The number of phenolic OH excluding ortho intramolecular Hbond substituents is 2. The Morgan fingerprint density at radius 2 is 1.00 bits per heavy atom. The minimum absolute atomic E-state index is 0.201. The van der Waals surface area contributed by atoms with Gasteiger partial charge in [-0.3, -0.25) is 0 Å². The summed E-state index contributed by atoms with van der Waals surface area (Å²) in [5, 5.41) is 22.1. The second-order valence-corrected chi connectivity index (χ2v) is 5.86. The molecular formula is C20H17NO3. The quantitative estimate of drug-likeness (QED) is 0.533. The SMILES string of the molecule is CC(c1ccc(O)cc1)(c1ccc(O)cc1)c1ccc(N=O)cc1. The monoisotopic (exact) mass is 319 g/mol. The maximum atomic E-state index is 10.7. The average Bonchev–Trinajstić information content (AvgIpc) is 2.62. The molecule has 0 radical (unpaired) electrons. The van der Waals surface area contributed by atoms with Gasteiger partial charge in [0.1, 0.15) is 17.2 Å². The van der Waals surface area contributed by atoms with E-state index in [-0.39, 0.29) is 11.5 Å². The number of nitroso groups, excluding NO2 is 1. The van der Waals surface area contributed by atoms with Gasteiger partial charge < -0.3 is 10.2 Å². The Hall–Kier alpha value is -3.14. The Morgan fingerprint density at radius 3 is 1.33 bits per heavy atom. The molecule has 0 fully saturated rings.